The molecule has 9 nitrogen and oxygen atoms in total. The first-order valence-electron chi connectivity index (χ1n) is 13.2. The third-order valence-corrected chi connectivity index (χ3v) is 9.00. The second kappa shape index (κ2) is 14.8. The van der Waals surface area contributed by atoms with Crippen LogP contribution in [0.1, 0.15) is 26.3 Å². The number of anilines is 1. The molecular weight excluding hydrogens is 646 g/mol. The fourth-order valence-corrected chi connectivity index (χ4v) is 5.88. The van der Waals surface area contributed by atoms with Crippen molar-refractivity contribution < 1.29 is 27.5 Å². The lowest BCUT2D eigenvalue weighted by atomic mass is 10.1. The minimum Gasteiger partial charge on any atom is -0.493 e. The summed E-state index contributed by atoms with van der Waals surface area (Å²) in [7, 11) is -1.45. The second-order valence-corrected chi connectivity index (χ2v) is 13.2. The topological polar surface area (TPSA) is 105 Å². The molecule has 0 aliphatic heterocycles. The van der Waals surface area contributed by atoms with Crippen LogP contribution < -0.4 is 19.1 Å². The Morgan fingerprint density at radius 1 is 0.929 bits per heavy atom. The maximum Gasteiger partial charge on any atom is 0.264 e. The highest BCUT2D eigenvalue weighted by molar-refractivity contribution is 9.10. The number of amides is 2. The number of hydrogen-bond acceptors (Lipinski definition) is 6. The van der Waals surface area contributed by atoms with Crippen LogP contribution in [0.15, 0.2) is 76.1 Å². The van der Waals surface area contributed by atoms with E-state index in [0.717, 1.165) is 14.3 Å². The zero-order valence-corrected chi connectivity index (χ0v) is 27.3. The van der Waals surface area contributed by atoms with Gasteiger partial charge in [-0.25, -0.2) is 8.42 Å². The lowest BCUT2D eigenvalue weighted by Gasteiger charge is -2.32. The van der Waals surface area contributed by atoms with Crippen LogP contribution in [0.3, 0.4) is 0 Å². The van der Waals surface area contributed by atoms with Crippen LogP contribution in [0, 0.1) is 5.92 Å². The number of sulfonamides is 1. The average Bonchev–Trinajstić information content (AvgIpc) is 2.97. The molecule has 0 heterocycles. The molecule has 0 saturated heterocycles. The Bertz CT molecular complexity index is 1480. The Morgan fingerprint density at radius 3 is 2.12 bits per heavy atom. The Balaban J connectivity index is 2.04. The summed E-state index contributed by atoms with van der Waals surface area (Å²) in [5.41, 5.74) is 0.999. The Hall–Kier alpha value is -3.28. The van der Waals surface area contributed by atoms with E-state index >= 15 is 0 Å². The summed E-state index contributed by atoms with van der Waals surface area (Å²) in [6, 6.07) is 16.8. The van der Waals surface area contributed by atoms with Crippen LogP contribution in [0.25, 0.3) is 0 Å². The molecular formula is C30H35BrClN3O6S. The molecule has 0 spiro atoms. The third-order valence-electron chi connectivity index (χ3n) is 6.45. The Labute approximate surface area is 260 Å². The van der Waals surface area contributed by atoms with Crippen molar-refractivity contribution in [3.8, 4) is 11.5 Å². The molecule has 0 radical (unpaired) electrons. The number of nitrogens with zero attached hydrogens (tertiary/aromatic N) is 2. The summed E-state index contributed by atoms with van der Waals surface area (Å²) in [5, 5.41) is 3.27. The minimum absolute atomic E-state index is 0.0905. The molecule has 226 valence electrons. The van der Waals surface area contributed by atoms with Gasteiger partial charge in [0.05, 0.1) is 24.8 Å². The van der Waals surface area contributed by atoms with Crippen molar-refractivity contribution >= 4 is 55.1 Å². The molecule has 1 atom stereocenters. The number of rotatable bonds is 13. The quantitative estimate of drug-likeness (QED) is 0.256. The summed E-state index contributed by atoms with van der Waals surface area (Å²) >= 11 is 9.49. The van der Waals surface area contributed by atoms with Crippen LogP contribution in [-0.4, -0.2) is 58.5 Å². The number of methoxy groups -OCH3 is 2. The molecule has 3 aromatic rings. The van der Waals surface area contributed by atoms with Gasteiger partial charge in [0.2, 0.25) is 11.8 Å². The van der Waals surface area contributed by atoms with E-state index < -0.39 is 28.5 Å². The highest BCUT2D eigenvalue weighted by Crippen LogP contribution is 2.32. The van der Waals surface area contributed by atoms with Crippen LogP contribution in [0.2, 0.25) is 5.02 Å². The van der Waals surface area contributed by atoms with E-state index in [1.807, 2.05) is 38.1 Å². The molecule has 0 bridgehead atoms. The largest absolute Gasteiger partial charge is 0.493 e. The molecule has 12 heteroatoms. The molecule has 42 heavy (non-hydrogen) atoms. The number of halogens is 2. The first kappa shape index (κ1) is 33.2. The van der Waals surface area contributed by atoms with Crippen LogP contribution >= 0.6 is 27.5 Å². The van der Waals surface area contributed by atoms with Gasteiger partial charge in [0.25, 0.3) is 10.0 Å². The number of nitrogens with one attached hydrogen (secondary N) is 1. The summed E-state index contributed by atoms with van der Waals surface area (Å²) in [4.78, 5) is 28.4. The van der Waals surface area contributed by atoms with Crippen molar-refractivity contribution in [1.82, 2.24) is 10.2 Å². The first-order valence-corrected chi connectivity index (χ1v) is 15.8. The first-order chi connectivity index (χ1) is 19.9. The van der Waals surface area contributed by atoms with Gasteiger partial charge in [-0.05, 0) is 66.9 Å². The molecule has 0 aliphatic rings. The van der Waals surface area contributed by atoms with Gasteiger partial charge in [0, 0.05) is 28.7 Å². The molecule has 0 aromatic heterocycles. The van der Waals surface area contributed by atoms with Gasteiger partial charge in [-0.2, -0.15) is 0 Å². The Kier molecular flexibility index (Phi) is 11.7. The molecule has 0 aliphatic carbocycles. The van der Waals surface area contributed by atoms with Crippen molar-refractivity contribution in [3.05, 3.63) is 81.8 Å². The highest BCUT2D eigenvalue weighted by atomic mass is 79.9. The lowest BCUT2D eigenvalue weighted by molar-refractivity contribution is -0.139. The van der Waals surface area contributed by atoms with Gasteiger partial charge in [-0.15, -0.1) is 0 Å². The predicted molar refractivity (Wildman–Crippen MR) is 168 cm³/mol. The van der Waals surface area contributed by atoms with Crippen molar-refractivity contribution in [2.75, 3.05) is 31.6 Å². The monoisotopic (exact) mass is 679 g/mol. The predicted octanol–water partition coefficient (Wildman–Crippen LogP) is 5.50. The number of carbonyl (C=O) groups excluding carboxylic acids is 2. The van der Waals surface area contributed by atoms with Gasteiger partial charge in [0.15, 0.2) is 11.5 Å². The van der Waals surface area contributed by atoms with Gasteiger partial charge < -0.3 is 19.7 Å². The Morgan fingerprint density at radius 2 is 1.55 bits per heavy atom. The van der Waals surface area contributed by atoms with Gasteiger partial charge in [-0.3, -0.25) is 13.9 Å². The number of carbonyl (C=O) groups is 2. The van der Waals surface area contributed by atoms with E-state index in [1.165, 1.54) is 49.5 Å². The van der Waals surface area contributed by atoms with E-state index in [1.54, 1.807) is 19.1 Å². The lowest BCUT2D eigenvalue weighted by Crippen LogP contribution is -2.51. The maximum atomic E-state index is 14.1. The van der Waals surface area contributed by atoms with Crippen molar-refractivity contribution in [2.45, 2.75) is 38.3 Å². The number of benzene rings is 3. The summed E-state index contributed by atoms with van der Waals surface area (Å²) in [6.07, 6.45) is 0. The molecule has 0 saturated carbocycles. The number of ether oxygens (including phenoxy) is 2. The van der Waals surface area contributed by atoms with E-state index in [2.05, 4.69) is 21.2 Å². The third kappa shape index (κ3) is 8.39. The highest BCUT2D eigenvalue weighted by Gasteiger charge is 2.33. The van der Waals surface area contributed by atoms with E-state index in [4.69, 9.17) is 21.1 Å². The number of hydrogen-bond donors (Lipinski definition) is 1. The van der Waals surface area contributed by atoms with Gasteiger partial charge in [0.1, 0.15) is 12.6 Å². The summed E-state index contributed by atoms with van der Waals surface area (Å²) in [6.45, 7) is 5.53. The summed E-state index contributed by atoms with van der Waals surface area (Å²) < 4.78 is 40.6. The molecule has 0 fully saturated rings. The van der Waals surface area contributed by atoms with Crippen molar-refractivity contribution in [2.24, 2.45) is 5.92 Å². The van der Waals surface area contributed by atoms with Gasteiger partial charge >= 0.3 is 0 Å². The normalized spacial score (nSPS) is 12.0. The smallest absolute Gasteiger partial charge is 0.264 e. The molecule has 1 N–H and O–H groups in total. The van der Waals surface area contributed by atoms with Crippen LogP contribution in [0.4, 0.5) is 5.69 Å². The fourth-order valence-electron chi connectivity index (χ4n) is 4.06. The second-order valence-electron chi connectivity index (χ2n) is 9.97. The SMILES string of the molecule is COc1ccc(S(=O)(=O)N(CC(=O)N(Cc2ccc(Br)cc2)[C@H](C)C(=O)NCC(C)C)c2ccc(Cl)cc2)cc1OC. The summed E-state index contributed by atoms with van der Waals surface area (Å²) in [5.74, 6) is -0.122. The molecule has 2 amide bonds. The van der Waals surface area contributed by atoms with Crippen molar-refractivity contribution in [1.29, 1.82) is 0 Å². The standard InChI is InChI=1S/C30H35BrClN3O6S/c1-20(2)17-33-30(37)21(3)34(18-22-6-8-23(31)9-7-22)29(36)19-35(25-12-10-24(32)11-13-25)42(38,39)26-14-15-27(40-4)28(16-26)41-5/h6-16,20-21H,17-19H2,1-5H3,(H,33,37)/t21-/m1/s1. The zero-order valence-electron chi connectivity index (χ0n) is 24.1. The van der Waals surface area contributed by atoms with Gasteiger partial charge in [-0.1, -0.05) is 53.5 Å². The van der Waals surface area contributed by atoms with E-state index in [9.17, 15) is 18.0 Å². The van der Waals surface area contributed by atoms with Crippen molar-refractivity contribution in [3.63, 3.8) is 0 Å². The van der Waals surface area contributed by atoms with Crippen LogP contribution in [-0.2, 0) is 26.2 Å². The van der Waals surface area contributed by atoms with Crippen LogP contribution in [0.5, 0.6) is 11.5 Å². The maximum absolute atomic E-state index is 14.1. The van der Waals surface area contributed by atoms with E-state index in [-0.39, 0.29) is 34.7 Å². The minimum atomic E-state index is -4.30. The molecule has 3 aromatic carbocycles. The zero-order chi connectivity index (χ0) is 31.0. The average molecular weight is 681 g/mol. The fraction of sp³-hybridized carbons (Fsp3) is 0.333. The molecule has 0 unspecified atom stereocenters. The van der Waals surface area contributed by atoms with E-state index in [0.29, 0.717) is 17.3 Å². The molecule has 3 rings (SSSR count).